The summed E-state index contributed by atoms with van der Waals surface area (Å²) in [4.78, 5) is 21.4. The standard InChI is InChI=1S/C12H11N3O3/c13-12(16)11-6-10(15(17)18)8-14(11)7-9-4-2-1-3-5-9/h1-6,8H,7H2,(H2,13,16). The number of nitrogens with zero attached hydrogens (tertiary/aromatic N) is 2. The van der Waals surface area contributed by atoms with E-state index in [1.54, 1.807) is 0 Å². The molecule has 0 saturated heterocycles. The van der Waals surface area contributed by atoms with Crippen molar-refractivity contribution in [3.63, 3.8) is 0 Å². The summed E-state index contributed by atoms with van der Waals surface area (Å²) in [5.74, 6) is -0.681. The van der Waals surface area contributed by atoms with Crippen LogP contribution in [0.4, 0.5) is 5.69 Å². The van der Waals surface area contributed by atoms with E-state index < -0.39 is 10.8 Å². The van der Waals surface area contributed by atoms with Crippen molar-refractivity contribution in [3.05, 3.63) is 64.0 Å². The summed E-state index contributed by atoms with van der Waals surface area (Å²) in [5.41, 5.74) is 6.13. The first-order chi connectivity index (χ1) is 8.58. The maximum atomic E-state index is 11.2. The van der Waals surface area contributed by atoms with E-state index in [1.807, 2.05) is 30.3 Å². The molecule has 1 heterocycles. The highest BCUT2D eigenvalue weighted by Crippen LogP contribution is 2.17. The number of nitro groups is 1. The minimum atomic E-state index is -0.681. The van der Waals surface area contributed by atoms with Gasteiger partial charge >= 0.3 is 0 Å². The molecular weight excluding hydrogens is 234 g/mol. The van der Waals surface area contributed by atoms with Gasteiger partial charge in [0.15, 0.2) is 0 Å². The van der Waals surface area contributed by atoms with Gasteiger partial charge in [-0.1, -0.05) is 30.3 Å². The molecule has 0 spiro atoms. The van der Waals surface area contributed by atoms with Crippen molar-refractivity contribution in [1.82, 2.24) is 4.57 Å². The Labute approximate surface area is 103 Å². The van der Waals surface area contributed by atoms with Crippen LogP contribution in [0.15, 0.2) is 42.6 Å². The van der Waals surface area contributed by atoms with E-state index in [-0.39, 0.29) is 11.4 Å². The van der Waals surface area contributed by atoms with E-state index in [9.17, 15) is 14.9 Å². The molecule has 2 rings (SSSR count). The van der Waals surface area contributed by atoms with Crippen molar-refractivity contribution in [3.8, 4) is 0 Å². The van der Waals surface area contributed by atoms with Gasteiger partial charge in [0.1, 0.15) is 5.69 Å². The zero-order valence-corrected chi connectivity index (χ0v) is 9.45. The number of nitrogens with two attached hydrogens (primary N) is 1. The molecule has 92 valence electrons. The van der Waals surface area contributed by atoms with Crippen LogP contribution in [0.3, 0.4) is 0 Å². The molecule has 2 N–H and O–H groups in total. The lowest BCUT2D eigenvalue weighted by Gasteiger charge is -2.05. The largest absolute Gasteiger partial charge is 0.364 e. The number of hydrogen-bond donors (Lipinski definition) is 1. The van der Waals surface area contributed by atoms with Crippen LogP contribution in [0.25, 0.3) is 0 Å². The molecule has 0 unspecified atom stereocenters. The van der Waals surface area contributed by atoms with Gasteiger partial charge in [0, 0.05) is 12.6 Å². The molecule has 0 atom stereocenters. The number of primary amides is 1. The number of rotatable bonds is 4. The van der Waals surface area contributed by atoms with Gasteiger partial charge in [0.25, 0.3) is 11.6 Å². The Morgan fingerprint density at radius 1 is 1.33 bits per heavy atom. The number of aromatic nitrogens is 1. The van der Waals surface area contributed by atoms with E-state index >= 15 is 0 Å². The summed E-state index contributed by atoms with van der Waals surface area (Å²) in [7, 11) is 0. The molecule has 0 aliphatic carbocycles. The molecule has 6 heteroatoms. The third-order valence-corrected chi connectivity index (χ3v) is 2.54. The molecule has 1 aromatic heterocycles. The Kier molecular flexibility index (Phi) is 3.09. The highest BCUT2D eigenvalue weighted by atomic mass is 16.6. The van der Waals surface area contributed by atoms with Gasteiger partial charge in [-0.3, -0.25) is 14.9 Å². The molecule has 1 aromatic carbocycles. The number of carbonyl (C=O) groups excluding carboxylic acids is 1. The van der Waals surface area contributed by atoms with E-state index in [1.165, 1.54) is 16.8 Å². The summed E-state index contributed by atoms with van der Waals surface area (Å²) in [6, 6.07) is 10.5. The van der Waals surface area contributed by atoms with Gasteiger partial charge in [-0.15, -0.1) is 0 Å². The monoisotopic (exact) mass is 245 g/mol. The number of amides is 1. The molecule has 0 saturated carbocycles. The maximum Gasteiger partial charge on any atom is 0.287 e. The van der Waals surface area contributed by atoms with E-state index in [2.05, 4.69) is 0 Å². The second-order valence-corrected chi connectivity index (χ2v) is 3.82. The second kappa shape index (κ2) is 4.70. The summed E-state index contributed by atoms with van der Waals surface area (Å²) < 4.78 is 1.48. The molecule has 0 aliphatic rings. The third kappa shape index (κ3) is 2.37. The van der Waals surface area contributed by atoms with E-state index in [0.717, 1.165) is 5.56 Å². The van der Waals surface area contributed by atoms with Crippen molar-refractivity contribution in [2.24, 2.45) is 5.73 Å². The lowest BCUT2D eigenvalue weighted by molar-refractivity contribution is -0.384. The first-order valence-electron chi connectivity index (χ1n) is 5.26. The lowest BCUT2D eigenvalue weighted by atomic mass is 10.2. The summed E-state index contributed by atoms with van der Waals surface area (Å²) >= 11 is 0. The maximum absolute atomic E-state index is 11.2. The zero-order chi connectivity index (χ0) is 13.1. The summed E-state index contributed by atoms with van der Waals surface area (Å²) in [6.45, 7) is 0.368. The van der Waals surface area contributed by atoms with Crippen molar-refractivity contribution in [2.75, 3.05) is 0 Å². The van der Waals surface area contributed by atoms with Gasteiger partial charge in [0.2, 0.25) is 0 Å². The highest BCUT2D eigenvalue weighted by molar-refractivity contribution is 5.92. The van der Waals surface area contributed by atoms with Gasteiger partial charge < -0.3 is 10.3 Å². The lowest BCUT2D eigenvalue weighted by Crippen LogP contribution is -2.16. The molecular formula is C12H11N3O3. The van der Waals surface area contributed by atoms with Crippen molar-refractivity contribution in [1.29, 1.82) is 0 Å². The van der Waals surface area contributed by atoms with Crippen LogP contribution < -0.4 is 5.73 Å². The predicted molar refractivity (Wildman–Crippen MR) is 65.1 cm³/mol. The van der Waals surface area contributed by atoms with Crippen LogP contribution in [0.5, 0.6) is 0 Å². The molecule has 0 fully saturated rings. The van der Waals surface area contributed by atoms with E-state index in [0.29, 0.717) is 6.54 Å². The minimum absolute atomic E-state index is 0.130. The zero-order valence-electron chi connectivity index (χ0n) is 9.45. The Hall–Kier alpha value is -2.63. The van der Waals surface area contributed by atoms with Gasteiger partial charge in [-0.2, -0.15) is 0 Å². The summed E-state index contributed by atoms with van der Waals surface area (Å²) in [5, 5.41) is 10.7. The normalized spacial score (nSPS) is 10.2. The topological polar surface area (TPSA) is 91.2 Å². The molecule has 18 heavy (non-hydrogen) atoms. The number of hydrogen-bond acceptors (Lipinski definition) is 3. The van der Waals surface area contributed by atoms with E-state index in [4.69, 9.17) is 5.73 Å². The Balaban J connectivity index is 2.37. The highest BCUT2D eigenvalue weighted by Gasteiger charge is 2.17. The van der Waals surface area contributed by atoms with Gasteiger partial charge in [-0.05, 0) is 5.56 Å². The van der Waals surface area contributed by atoms with Crippen molar-refractivity contribution >= 4 is 11.6 Å². The fourth-order valence-corrected chi connectivity index (χ4v) is 1.71. The molecule has 2 aromatic rings. The van der Waals surface area contributed by atoms with Crippen LogP contribution >= 0.6 is 0 Å². The predicted octanol–water partition coefficient (Wildman–Crippen LogP) is 1.54. The average molecular weight is 245 g/mol. The summed E-state index contributed by atoms with van der Waals surface area (Å²) in [6.07, 6.45) is 1.31. The minimum Gasteiger partial charge on any atom is -0.364 e. The van der Waals surface area contributed by atoms with Crippen molar-refractivity contribution < 1.29 is 9.72 Å². The molecule has 0 bridgehead atoms. The molecule has 6 nitrogen and oxygen atoms in total. The van der Waals surface area contributed by atoms with Crippen LogP contribution in [-0.2, 0) is 6.54 Å². The quantitative estimate of drug-likeness (QED) is 0.654. The molecule has 1 amide bonds. The third-order valence-electron chi connectivity index (χ3n) is 2.54. The van der Waals surface area contributed by atoms with Crippen LogP contribution in [0.1, 0.15) is 16.1 Å². The first-order valence-corrected chi connectivity index (χ1v) is 5.26. The van der Waals surface area contributed by atoms with Crippen molar-refractivity contribution in [2.45, 2.75) is 6.54 Å². The fraction of sp³-hybridized carbons (Fsp3) is 0.0833. The number of carbonyl (C=O) groups is 1. The van der Waals surface area contributed by atoms with Crippen LogP contribution in [-0.4, -0.2) is 15.4 Å². The number of benzene rings is 1. The average Bonchev–Trinajstić information content (AvgIpc) is 2.74. The van der Waals surface area contributed by atoms with Crippen LogP contribution in [0.2, 0.25) is 0 Å². The second-order valence-electron chi connectivity index (χ2n) is 3.82. The fourth-order valence-electron chi connectivity index (χ4n) is 1.71. The molecule has 0 radical (unpaired) electrons. The first kappa shape index (κ1) is 11.8. The smallest absolute Gasteiger partial charge is 0.287 e. The molecule has 0 aliphatic heterocycles. The van der Waals surface area contributed by atoms with Crippen LogP contribution in [0, 0.1) is 10.1 Å². The Bertz CT molecular complexity index is 590. The van der Waals surface area contributed by atoms with Gasteiger partial charge in [-0.25, -0.2) is 0 Å². The SMILES string of the molecule is NC(=O)c1cc([N+](=O)[O-])cn1Cc1ccccc1. The Morgan fingerprint density at radius 3 is 2.56 bits per heavy atom. The Morgan fingerprint density at radius 2 is 2.00 bits per heavy atom. The van der Waals surface area contributed by atoms with Gasteiger partial charge in [0.05, 0.1) is 11.1 Å².